The van der Waals surface area contributed by atoms with Gasteiger partial charge in [-0.2, -0.15) is 0 Å². The average Bonchev–Trinajstić information content (AvgIpc) is 3.24. The normalized spacial score (nSPS) is 16.0. The lowest BCUT2D eigenvalue weighted by Crippen LogP contribution is -2.36. The molecule has 4 amide bonds. The number of aromatic nitrogens is 1. The Bertz CT molecular complexity index is 923. The Balaban J connectivity index is 1.59. The van der Waals surface area contributed by atoms with Crippen LogP contribution in [0.4, 0.5) is 4.79 Å². The summed E-state index contributed by atoms with van der Waals surface area (Å²) in [5.74, 6) is 0.325. The number of methoxy groups -OCH3 is 2. The van der Waals surface area contributed by atoms with Crippen LogP contribution in [0.5, 0.6) is 11.5 Å². The molecule has 154 valence electrons. The Labute approximate surface area is 168 Å². The van der Waals surface area contributed by atoms with Crippen LogP contribution in [0.3, 0.4) is 0 Å². The molecule has 1 aromatic heterocycles. The number of urea groups is 1. The van der Waals surface area contributed by atoms with Gasteiger partial charge in [0.25, 0.3) is 5.91 Å². The summed E-state index contributed by atoms with van der Waals surface area (Å²) in [6.07, 6.45) is 1.77. The number of imide groups is 1. The molecular formula is C20H24N4O5. The summed E-state index contributed by atoms with van der Waals surface area (Å²) in [4.78, 5) is 38.2. The van der Waals surface area contributed by atoms with Crippen LogP contribution in [0.25, 0.3) is 0 Å². The zero-order chi connectivity index (χ0) is 21.0. The molecule has 1 aliphatic rings. The fourth-order valence-electron chi connectivity index (χ4n) is 3.15. The van der Waals surface area contributed by atoms with Gasteiger partial charge in [0.15, 0.2) is 11.5 Å². The molecule has 1 aliphatic heterocycles. The number of amides is 4. The predicted octanol–water partition coefficient (Wildman–Crippen LogP) is 1.17. The maximum Gasteiger partial charge on any atom is 0.325 e. The van der Waals surface area contributed by atoms with Gasteiger partial charge in [-0.15, -0.1) is 0 Å². The van der Waals surface area contributed by atoms with Crippen molar-refractivity contribution in [1.29, 1.82) is 0 Å². The maximum atomic E-state index is 12.6. The molecule has 1 atom stereocenters. The van der Waals surface area contributed by atoms with Gasteiger partial charge in [-0.1, -0.05) is 6.07 Å². The first kappa shape index (κ1) is 20.2. The van der Waals surface area contributed by atoms with Crippen molar-refractivity contribution in [2.24, 2.45) is 7.05 Å². The van der Waals surface area contributed by atoms with E-state index in [1.54, 1.807) is 18.2 Å². The van der Waals surface area contributed by atoms with Crippen LogP contribution in [-0.2, 0) is 29.7 Å². The number of carbonyl (C=O) groups excluding carboxylic acids is 3. The van der Waals surface area contributed by atoms with E-state index in [1.807, 2.05) is 29.9 Å². The molecule has 9 nitrogen and oxygen atoms in total. The summed E-state index contributed by atoms with van der Waals surface area (Å²) < 4.78 is 12.3. The summed E-state index contributed by atoms with van der Waals surface area (Å²) >= 11 is 0. The molecule has 1 aromatic carbocycles. The third-order valence-corrected chi connectivity index (χ3v) is 4.80. The molecule has 1 unspecified atom stereocenters. The zero-order valence-corrected chi connectivity index (χ0v) is 16.6. The Kier molecular flexibility index (Phi) is 6.06. The van der Waals surface area contributed by atoms with E-state index in [0.717, 1.165) is 10.6 Å². The summed E-state index contributed by atoms with van der Waals surface area (Å²) in [6, 6.07) is 7.55. The molecule has 0 saturated carbocycles. The van der Waals surface area contributed by atoms with Crippen LogP contribution in [0.2, 0.25) is 0 Å². The molecule has 0 bridgehead atoms. The molecule has 0 spiro atoms. The highest BCUT2D eigenvalue weighted by atomic mass is 16.5. The number of nitrogens with one attached hydrogen (secondary N) is 2. The van der Waals surface area contributed by atoms with Crippen molar-refractivity contribution in [3.8, 4) is 11.5 Å². The molecule has 2 aromatic rings. The summed E-state index contributed by atoms with van der Waals surface area (Å²) in [5, 5.41) is 5.34. The second kappa shape index (κ2) is 8.68. The molecule has 2 N–H and O–H groups in total. The summed E-state index contributed by atoms with van der Waals surface area (Å²) in [7, 11) is 4.93. The smallest absolute Gasteiger partial charge is 0.325 e. The van der Waals surface area contributed by atoms with Gasteiger partial charge in [-0.05, 0) is 29.8 Å². The highest BCUT2D eigenvalue weighted by Crippen LogP contribution is 2.28. The maximum absolute atomic E-state index is 12.6. The van der Waals surface area contributed by atoms with Crippen molar-refractivity contribution in [2.45, 2.75) is 25.6 Å². The first-order valence-electron chi connectivity index (χ1n) is 9.12. The number of hydrogen-bond acceptors (Lipinski definition) is 5. The minimum absolute atomic E-state index is 0.0759. The first-order valence-corrected chi connectivity index (χ1v) is 9.12. The number of benzene rings is 1. The van der Waals surface area contributed by atoms with Crippen LogP contribution >= 0.6 is 0 Å². The van der Waals surface area contributed by atoms with E-state index in [4.69, 9.17) is 9.47 Å². The first-order chi connectivity index (χ1) is 13.9. The molecule has 9 heteroatoms. The molecule has 1 fully saturated rings. The topological polar surface area (TPSA) is 102 Å². The highest BCUT2D eigenvalue weighted by molar-refractivity contribution is 6.05. The van der Waals surface area contributed by atoms with Crippen molar-refractivity contribution >= 4 is 17.8 Å². The Hall–Kier alpha value is -3.49. The third-order valence-electron chi connectivity index (χ3n) is 4.80. The number of carbonyl (C=O) groups is 3. The fourth-order valence-corrected chi connectivity index (χ4v) is 3.15. The molecule has 0 radical (unpaired) electrons. The standard InChI is InChI=1S/C20H24N4O5/c1-23-8-4-5-14(23)11-21-18(25)10-15-19(26)24(20(27)22-15)12-13-6-7-16(28-2)17(9-13)29-3/h4-9,15H,10-12H2,1-3H3,(H,21,25)(H,22,27). The minimum atomic E-state index is -0.879. The second-order valence-electron chi connectivity index (χ2n) is 6.71. The number of nitrogens with zero attached hydrogens (tertiary/aromatic N) is 2. The van der Waals surface area contributed by atoms with E-state index in [9.17, 15) is 14.4 Å². The summed E-state index contributed by atoms with van der Waals surface area (Å²) in [6.45, 7) is 0.430. The van der Waals surface area contributed by atoms with Gasteiger partial charge in [-0.25, -0.2) is 4.79 Å². The van der Waals surface area contributed by atoms with Gasteiger partial charge >= 0.3 is 6.03 Å². The van der Waals surface area contributed by atoms with Crippen molar-refractivity contribution in [3.63, 3.8) is 0 Å². The van der Waals surface area contributed by atoms with E-state index < -0.39 is 18.0 Å². The average molecular weight is 400 g/mol. The van der Waals surface area contributed by atoms with E-state index in [2.05, 4.69) is 10.6 Å². The van der Waals surface area contributed by atoms with Crippen LogP contribution in [0.1, 0.15) is 17.7 Å². The molecule has 1 saturated heterocycles. The van der Waals surface area contributed by atoms with Gasteiger partial charge in [0.1, 0.15) is 6.04 Å². The molecule has 29 heavy (non-hydrogen) atoms. The molecule has 0 aliphatic carbocycles. The predicted molar refractivity (Wildman–Crippen MR) is 104 cm³/mol. The van der Waals surface area contributed by atoms with E-state index in [-0.39, 0.29) is 18.9 Å². The Morgan fingerprint density at radius 2 is 1.93 bits per heavy atom. The lowest BCUT2D eigenvalue weighted by atomic mass is 10.1. The van der Waals surface area contributed by atoms with Crippen molar-refractivity contribution < 1.29 is 23.9 Å². The molecule has 3 rings (SSSR count). The number of aryl methyl sites for hydroxylation is 1. The van der Waals surface area contributed by atoms with Crippen molar-refractivity contribution in [1.82, 2.24) is 20.1 Å². The lowest BCUT2D eigenvalue weighted by molar-refractivity contribution is -0.131. The Morgan fingerprint density at radius 1 is 1.17 bits per heavy atom. The van der Waals surface area contributed by atoms with Crippen LogP contribution in [-0.4, -0.2) is 47.6 Å². The van der Waals surface area contributed by atoms with Gasteiger partial charge in [0.2, 0.25) is 5.91 Å². The fraction of sp³-hybridized carbons (Fsp3) is 0.350. The van der Waals surface area contributed by atoms with E-state index in [0.29, 0.717) is 23.6 Å². The zero-order valence-electron chi connectivity index (χ0n) is 16.6. The number of ether oxygens (including phenoxy) is 2. The molecular weight excluding hydrogens is 376 g/mol. The van der Waals surface area contributed by atoms with E-state index >= 15 is 0 Å². The monoisotopic (exact) mass is 400 g/mol. The quantitative estimate of drug-likeness (QED) is 0.648. The number of rotatable bonds is 8. The van der Waals surface area contributed by atoms with Gasteiger partial charge in [-0.3, -0.25) is 14.5 Å². The van der Waals surface area contributed by atoms with Crippen molar-refractivity contribution in [3.05, 3.63) is 47.8 Å². The Morgan fingerprint density at radius 3 is 2.59 bits per heavy atom. The SMILES string of the molecule is COc1ccc(CN2C(=O)NC(CC(=O)NCc3cccn3C)C2=O)cc1OC. The third kappa shape index (κ3) is 4.50. The van der Waals surface area contributed by atoms with Gasteiger partial charge in [0.05, 0.1) is 33.7 Å². The number of hydrogen-bond donors (Lipinski definition) is 2. The van der Waals surface area contributed by atoms with Crippen LogP contribution < -0.4 is 20.1 Å². The highest BCUT2D eigenvalue weighted by Gasteiger charge is 2.39. The minimum Gasteiger partial charge on any atom is -0.493 e. The van der Waals surface area contributed by atoms with Gasteiger partial charge in [0, 0.05) is 18.9 Å². The van der Waals surface area contributed by atoms with Crippen LogP contribution in [0.15, 0.2) is 36.5 Å². The van der Waals surface area contributed by atoms with Gasteiger partial charge < -0.3 is 24.7 Å². The summed E-state index contributed by atoms with van der Waals surface area (Å²) in [5.41, 5.74) is 1.65. The van der Waals surface area contributed by atoms with Crippen LogP contribution in [0, 0.1) is 0 Å². The van der Waals surface area contributed by atoms with Crippen molar-refractivity contribution in [2.75, 3.05) is 14.2 Å². The van der Waals surface area contributed by atoms with E-state index in [1.165, 1.54) is 14.2 Å². The lowest BCUT2D eigenvalue weighted by Gasteiger charge is -2.15. The largest absolute Gasteiger partial charge is 0.493 e. The molecule has 2 heterocycles. The second-order valence-corrected chi connectivity index (χ2v) is 6.71.